The van der Waals surface area contributed by atoms with E-state index in [1.807, 2.05) is 0 Å². The quantitative estimate of drug-likeness (QED) is 0.507. The topological polar surface area (TPSA) is 0 Å². The SMILES string of the molecule is [Co].[Co].[Fe].[Fe].[Ni].[Pd]. The molecule has 0 aliphatic carbocycles. The monoisotopic (exact) mass is 394 g/mol. The van der Waals surface area contributed by atoms with Crippen molar-refractivity contribution in [3.8, 4) is 0 Å². The number of rotatable bonds is 0. The van der Waals surface area contributed by atoms with E-state index in [-0.39, 0.29) is 105 Å². The molecule has 0 amide bonds. The summed E-state index contributed by atoms with van der Waals surface area (Å²) in [6.45, 7) is 0. The smallest absolute Gasteiger partial charge is 0 e. The first-order chi connectivity index (χ1) is 0. The maximum atomic E-state index is 0. The summed E-state index contributed by atoms with van der Waals surface area (Å²) in [6, 6.07) is 0. The van der Waals surface area contributed by atoms with E-state index in [1.54, 1.807) is 0 Å². The van der Waals surface area contributed by atoms with Gasteiger partial charge >= 0.3 is 0 Å². The Labute approximate surface area is 103 Å². The average molecular weight is 395 g/mol. The minimum atomic E-state index is 0. The summed E-state index contributed by atoms with van der Waals surface area (Å²) in [6.07, 6.45) is 0. The van der Waals surface area contributed by atoms with E-state index < -0.39 is 0 Å². The fourth-order valence-electron chi connectivity index (χ4n) is 0. The molecule has 0 aliphatic heterocycles. The van der Waals surface area contributed by atoms with Crippen LogP contribution in [0.4, 0.5) is 0 Å². The molecule has 0 aromatic heterocycles. The normalized spacial score (nSPS) is 0. The van der Waals surface area contributed by atoms with Crippen molar-refractivity contribution >= 4 is 0 Å². The van der Waals surface area contributed by atoms with Crippen LogP contribution >= 0.6 is 0 Å². The minimum Gasteiger partial charge on any atom is 0 e. The molecule has 54 valence electrons. The van der Waals surface area contributed by atoms with Crippen molar-refractivity contribution < 1.29 is 105 Å². The van der Waals surface area contributed by atoms with Gasteiger partial charge < -0.3 is 0 Å². The van der Waals surface area contributed by atoms with Gasteiger partial charge in [0.1, 0.15) is 0 Å². The Morgan fingerprint density at radius 1 is 0.667 bits per heavy atom. The van der Waals surface area contributed by atoms with Gasteiger partial charge in [-0.3, -0.25) is 0 Å². The summed E-state index contributed by atoms with van der Waals surface area (Å²) >= 11 is 0. The van der Waals surface area contributed by atoms with Gasteiger partial charge in [-0.05, 0) is 0 Å². The second kappa shape index (κ2) is 41.4. The van der Waals surface area contributed by atoms with Gasteiger partial charge in [-0.15, -0.1) is 0 Å². The van der Waals surface area contributed by atoms with E-state index >= 15 is 0 Å². The van der Waals surface area contributed by atoms with Gasteiger partial charge in [-0.2, -0.15) is 0 Å². The molecule has 0 aliphatic rings. The minimum absolute atomic E-state index is 0. The van der Waals surface area contributed by atoms with E-state index in [1.165, 1.54) is 0 Å². The third kappa shape index (κ3) is 27.0. The van der Waals surface area contributed by atoms with Crippen LogP contribution < -0.4 is 0 Å². The van der Waals surface area contributed by atoms with E-state index in [0.29, 0.717) is 0 Å². The Balaban J connectivity index is 0. The third-order valence-corrected chi connectivity index (χ3v) is 0. The van der Waals surface area contributed by atoms with E-state index in [4.69, 9.17) is 0 Å². The largest absolute Gasteiger partial charge is 0 e. The van der Waals surface area contributed by atoms with Crippen LogP contribution in [0.3, 0.4) is 0 Å². The van der Waals surface area contributed by atoms with Gasteiger partial charge in [0.05, 0.1) is 0 Å². The molecule has 0 spiro atoms. The molecule has 6 heavy (non-hydrogen) atoms. The van der Waals surface area contributed by atoms with Crippen LogP contribution in [0.1, 0.15) is 0 Å². The summed E-state index contributed by atoms with van der Waals surface area (Å²) < 4.78 is 0. The van der Waals surface area contributed by atoms with Gasteiger partial charge in [0.15, 0.2) is 0 Å². The molecule has 0 saturated heterocycles. The van der Waals surface area contributed by atoms with Crippen LogP contribution in [0.25, 0.3) is 0 Å². The maximum absolute atomic E-state index is 0. The Bertz CT molecular complexity index is 11.5. The van der Waals surface area contributed by atoms with E-state index in [0.717, 1.165) is 0 Å². The van der Waals surface area contributed by atoms with Crippen LogP contribution in [0, 0.1) is 0 Å². The second-order valence-corrected chi connectivity index (χ2v) is 0. The molecule has 0 aromatic rings. The molecular weight excluding hydrogens is 395 g/mol. The van der Waals surface area contributed by atoms with Crippen molar-refractivity contribution in [2.24, 2.45) is 0 Å². The van der Waals surface area contributed by atoms with Gasteiger partial charge in [-0.25, -0.2) is 0 Å². The Kier molecular flexibility index (Phi) is 416. The van der Waals surface area contributed by atoms with E-state index in [2.05, 4.69) is 0 Å². The van der Waals surface area contributed by atoms with Crippen molar-refractivity contribution in [3.05, 3.63) is 0 Å². The van der Waals surface area contributed by atoms with Crippen LogP contribution in [-0.2, 0) is 105 Å². The van der Waals surface area contributed by atoms with E-state index in [9.17, 15) is 0 Å². The van der Waals surface area contributed by atoms with Crippen LogP contribution in [0.5, 0.6) is 0 Å². The first kappa shape index (κ1) is 60.3. The molecule has 0 saturated carbocycles. The van der Waals surface area contributed by atoms with Crippen LogP contribution in [0.2, 0.25) is 0 Å². The number of hydrogen-bond donors (Lipinski definition) is 0. The zero-order chi connectivity index (χ0) is 0. The molecule has 2 radical (unpaired) electrons. The van der Waals surface area contributed by atoms with Crippen LogP contribution in [0.15, 0.2) is 0 Å². The second-order valence-electron chi connectivity index (χ2n) is 0. The molecular formula is Co2Fe2NiPd. The summed E-state index contributed by atoms with van der Waals surface area (Å²) in [4.78, 5) is 0. The molecule has 0 heterocycles. The van der Waals surface area contributed by atoms with Gasteiger partial charge in [0, 0.05) is 105 Å². The first-order valence-corrected chi connectivity index (χ1v) is 0. The standard InChI is InChI=1S/2Co.2Fe.Ni.Pd. The Morgan fingerprint density at radius 3 is 0.667 bits per heavy atom. The maximum Gasteiger partial charge on any atom is 0 e. The molecule has 0 rings (SSSR count). The average Bonchev–Trinajstić information content (AvgIpc) is 0. The Morgan fingerprint density at radius 2 is 0.667 bits per heavy atom. The van der Waals surface area contributed by atoms with Gasteiger partial charge in [0.25, 0.3) is 0 Å². The molecule has 0 unspecified atom stereocenters. The molecule has 0 bridgehead atoms. The van der Waals surface area contributed by atoms with Crippen molar-refractivity contribution in [3.63, 3.8) is 0 Å². The summed E-state index contributed by atoms with van der Waals surface area (Å²) in [5.74, 6) is 0. The molecule has 0 fully saturated rings. The van der Waals surface area contributed by atoms with Crippen molar-refractivity contribution in [1.29, 1.82) is 0 Å². The number of hydrogen-bond acceptors (Lipinski definition) is 0. The summed E-state index contributed by atoms with van der Waals surface area (Å²) in [7, 11) is 0. The van der Waals surface area contributed by atoms with Crippen molar-refractivity contribution in [2.45, 2.75) is 0 Å². The summed E-state index contributed by atoms with van der Waals surface area (Å²) in [5, 5.41) is 0. The predicted octanol–water partition coefficient (Wildman–Crippen LogP) is -0.0150. The van der Waals surface area contributed by atoms with Crippen LogP contribution in [-0.4, -0.2) is 0 Å². The van der Waals surface area contributed by atoms with Crippen molar-refractivity contribution in [1.82, 2.24) is 0 Å². The molecule has 0 atom stereocenters. The van der Waals surface area contributed by atoms with Crippen molar-refractivity contribution in [2.75, 3.05) is 0 Å². The molecule has 0 nitrogen and oxygen atoms in total. The van der Waals surface area contributed by atoms with Gasteiger partial charge in [0.2, 0.25) is 0 Å². The summed E-state index contributed by atoms with van der Waals surface area (Å²) in [5.41, 5.74) is 0. The molecule has 0 aromatic carbocycles. The fraction of sp³-hybridized carbons (Fsp3) is 0. The zero-order valence-electron chi connectivity index (χ0n) is 2.01. The third-order valence-electron chi connectivity index (χ3n) is 0. The van der Waals surface area contributed by atoms with Gasteiger partial charge in [-0.1, -0.05) is 0 Å². The molecule has 6 heteroatoms. The molecule has 0 N–H and O–H groups in total. The first-order valence-electron chi connectivity index (χ1n) is 0. The predicted molar refractivity (Wildman–Crippen MR) is 0 cm³/mol. The fourth-order valence-corrected chi connectivity index (χ4v) is 0. The zero-order valence-corrected chi connectivity index (χ0v) is 8.84. The Hall–Kier alpha value is 3.21.